The number of rotatable bonds is 5. The molecule has 0 radical (unpaired) electrons. The Hall–Kier alpha value is -1.84. The maximum atomic E-state index is 12.0. The summed E-state index contributed by atoms with van der Waals surface area (Å²) in [5.41, 5.74) is 2.02. The number of sulfone groups is 1. The smallest absolute Gasteiger partial charge is 0.251 e. The Morgan fingerprint density at radius 3 is 2.67 bits per heavy atom. The highest BCUT2D eigenvalue weighted by atomic mass is 32.2. The van der Waals surface area contributed by atoms with Gasteiger partial charge in [-0.25, -0.2) is 8.42 Å². The summed E-state index contributed by atoms with van der Waals surface area (Å²) in [6.07, 6.45) is 1.50. The van der Waals surface area contributed by atoms with E-state index in [1.165, 1.54) is 0 Å². The lowest BCUT2D eigenvalue weighted by Gasteiger charge is -2.06. The number of carbonyl (C=O) groups excluding carboxylic acids is 1. The Bertz CT molecular complexity index is 669. The molecule has 0 spiro atoms. The molecule has 0 unspecified atom stereocenters. The summed E-state index contributed by atoms with van der Waals surface area (Å²) in [5, 5.41) is 11.3. The molecular formula is C15H19NO4S. The number of carbonyl (C=O) groups is 1. The number of benzene rings is 1. The second kappa shape index (κ2) is 7.81. The average Bonchev–Trinajstić information content (AvgIpc) is 2.36. The van der Waals surface area contributed by atoms with Crippen LogP contribution in [0.4, 0.5) is 0 Å². The third-order valence-corrected chi connectivity index (χ3v) is 3.51. The van der Waals surface area contributed by atoms with Crippen LogP contribution in [0.1, 0.15) is 27.9 Å². The van der Waals surface area contributed by atoms with Gasteiger partial charge in [0, 0.05) is 30.3 Å². The van der Waals surface area contributed by atoms with Gasteiger partial charge in [-0.15, -0.1) is 0 Å². The van der Waals surface area contributed by atoms with Crippen molar-refractivity contribution in [2.24, 2.45) is 0 Å². The SMILES string of the molecule is Cc1cc(C#CCCO)cc(C(=O)NCCS(C)(=O)=O)c1. The van der Waals surface area contributed by atoms with Gasteiger partial charge in [0.05, 0.1) is 12.4 Å². The third-order valence-electron chi connectivity index (χ3n) is 2.57. The highest BCUT2D eigenvalue weighted by Crippen LogP contribution is 2.09. The quantitative estimate of drug-likeness (QED) is 0.776. The van der Waals surface area contributed by atoms with E-state index in [4.69, 9.17) is 5.11 Å². The standard InChI is InChI=1S/C15H19NO4S/c1-12-9-13(5-3-4-7-17)11-14(10-12)15(18)16-6-8-21(2,19)20/h9-11,17H,4,6-8H2,1-2H3,(H,16,18). The molecule has 6 heteroatoms. The van der Waals surface area contributed by atoms with E-state index in [0.29, 0.717) is 17.5 Å². The topological polar surface area (TPSA) is 83.5 Å². The van der Waals surface area contributed by atoms with Crippen LogP contribution in [0.15, 0.2) is 18.2 Å². The molecule has 0 aromatic heterocycles. The van der Waals surface area contributed by atoms with Crippen molar-refractivity contribution < 1.29 is 18.3 Å². The van der Waals surface area contributed by atoms with Gasteiger partial charge in [-0.2, -0.15) is 0 Å². The first kappa shape index (κ1) is 17.2. The summed E-state index contributed by atoms with van der Waals surface area (Å²) in [7, 11) is -3.09. The summed E-state index contributed by atoms with van der Waals surface area (Å²) < 4.78 is 22.0. The molecule has 0 atom stereocenters. The molecule has 1 amide bonds. The molecule has 0 saturated heterocycles. The molecule has 21 heavy (non-hydrogen) atoms. The normalized spacial score (nSPS) is 10.6. The van der Waals surface area contributed by atoms with Gasteiger partial charge >= 0.3 is 0 Å². The van der Waals surface area contributed by atoms with Gasteiger partial charge < -0.3 is 10.4 Å². The van der Waals surface area contributed by atoms with E-state index >= 15 is 0 Å². The van der Waals surface area contributed by atoms with E-state index in [-0.39, 0.29) is 24.8 Å². The predicted molar refractivity (Wildman–Crippen MR) is 81.8 cm³/mol. The molecule has 0 aliphatic heterocycles. The number of aliphatic hydroxyl groups excluding tert-OH is 1. The summed E-state index contributed by atoms with van der Waals surface area (Å²) in [5.74, 6) is 5.26. The fourth-order valence-corrected chi connectivity index (χ4v) is 2.13. The fraction of sp³-hybridized carbons (Fsp3) is 0.400. The van der Waals surface area contributed by atoms with E-state index in [1.807, 2.05) is 13.0 Å². The van der Waals surface area contributed by atoms with Crippen LogP contribution in [0.2, 0.25) is 0 Å². The van der Waals surface area contributed by atoms with Gasteiger partial charge in [0.25, 0.3) is 5.91 Å². The van der Waals surface area contributed by atoms with Crippen LogP contribution >= 0.6 is 0 Å². The van der Waals surface area contributed by atoms with E-state index in [0.717, 1.165) is 11.8 Å². The van der Waals surface area contributed by atoms with E-state index in [2.05, 4.69) is 17.2 Å². The first-order valence-corrected chi connectivity index (χ1v) is 8.55. The molecule has 0 fully saturated rings. The van der Waals surface area contributed by atoms with Gasteiger partial charge in [-0.1, -0.05) is 11.8 Å². The lowest BCUT2D eigenvalue weighted by atomic mass is 10.1. The summed E-state index contributed by atoms with van der Waals surface area (Å²) in [6.45, 7) is 1.93. The van der Waals surface area contributed by atoms with Crippen LogP contribution < -0.4 is 5.32 Å². The minimum Gasteiger partial charge on any atom is -0.395 e. The van der Waals surface area contributed by atoms with Gasteiger partial charge in [-0.05, 0) is 30.7 Å². The lowest BCUT2D eigenvalue weighted by Crippen LogP contribution is -2.28. The second-order valence-corrected chi connectivity index (χ2v) is 7.01. The van der Waals surface area contributed by atoms with Crippen LogP contribution in [-0.4, -0.2) is 44.6 Å². The summed E-state index contributed by atoms with van der Waals surface area (Å²) >= 11 is 0. The monoisotopic (exact) mass is 309 g/mol. The molecule has 1 aromatic carbocycles. The molecule has 1 aromatic rings. The van der Waals surface area contributed by atoms with Gasteiger partial charge in [-0.3, -0.25) is 4.79 Å². The van der Waals surface area contributed by atoms with Crippen LogP contribution in [0.25, 0.3) is 0 Å². The molecule has 2 N–H and O–H groups in total. The largest absolute Gasteiger partial charge is 0.395 e. The maximum Gasteiger partial charge on any atom is 0.251 e. The molecule has 0 heterocycles. The average molecular weight is 309 g/mol. The molecule has 5 nitrogen and oxygen atoms in total. The van der Waals surface area contributed by atoms with Crippen molar-refractivity contribution in [3.8, 4) is 11.8 Å². The molecule has 0 aliphatic rings. The number of amides is 1. The van der Waals surface area contributed by atoms with Crippen molar-refractivity contribution in [3.63, 3.8) is 0 Å². The number of aliphatic hydroxyl groups is 1. The summed E-state index contributed by atoms with van der Waals surface area (Å²) in [6, 6.07) is 5.21. The minimum absolute atomic E-state index is 0.00233. The first-order valence-electron chi connectivity index (χ1n) is 6.49. The van der Waals surface area contributed by atoms with Crippen molar-refractivity contribution in [1.29, 1.82) is 0 Å². The fourth-order valence-electron chi connectivity index (χ4n) is 1.66. The second-order valence-electron chi connectivity index (χ2n) is 4.75. The third kappa shape index (κ3) is 6.93. The van der Waals surface area contributed by atoms with Crippen molar-refractivity contribution in [2.75, 3.05) is 25.2 Å². The number of aryl methyl sites for hydroxylation is 1. The number of hydrogen-bond acceptors (Lipinski definition) is 4. The molecule has 1 rings (SSSR count). The highest BCUT2D eigenvalue weighted by molar-refractivity contribution is 7.90. The zero-order valence-electron chi connectivity index (χ0n) is 12.1. The zero-order chi connectivity index (χ0) is 15.9. The Kier molecular flexibility index (Phi) is 6.40. The Morgan fingerprint density at radius 1 is 1.33 bits per heavy atom. The Labute approximate surface area is 125 Å². The first-order chi connectivity index (χ1) is 9.81. The minimum atomic E-state index is -3.09. The maximum absolute atomic E-state index is 12.0. The zero-order valence-corrected chi connectivity index (χ0v) is 13.0. The van der Waals surface area contributed by atoms with Crippen molar-refractivity contribution in [3.05, 3.63) is 34.9 Å². The number of nitrogens with one attached hydrogen (secondary N) is 1. The molecule has 114 valence electrons. The lowest BCUT2D eigenvalue weighted by molar-refractivity contribution is 0.0956. The summed E-state index contributed by atoms with van der Waals surface area (Å²) in [4.78, 5) is 12.0. The molecule has 0 bridgehead atoms. The van der Waals surface area contributed by atoms with Crippen molar-refractivity contribution in [2.45, 2.75) is 13.3 Å². The number of hydrogen-bond donors (Lipinski definition) is 2. The Balaban J connectivity index is 2.78. The van der Waals surface area contributed by atoms with Crippen LogP contribution in [0, 0.1) is 18.8 Å². The van der Waals surface area contributed by atoms with Crippen LogP contribution in [-0.2, 0) is 9.84 Å². The van der Waals surface area contributed by atoms with Gasteiger partial charge in [0.15, 0.2) is 0 Å². The van der Waals surface area contributed by atoms with E-state index in [1.54, 1.807) is 12.1 Å². The Morgan fingerprint density at radius 2 is 2.05 bits per heavy atom. The van der Waals surface area contributed by atoms with E-state index in [9.17, 15) is 13.2 Å². The van der Waals surface area contributed by atoms with Crippen molar-refractivity contribution in [1.82, 2.24) is 5.32 Å². The predicted octanol–water partition coefficient (Wildman–Crippen LogP) is 0.503. The van der Waals surface area contributed by atoms with Crippen molar-refractivity contribution >= 4 is 15.7 Å². The van der Waals surface area contributed by atoms with Gasteiger partial charge in [0.1, 0.15) is 9.84 Å². The van der Waals surface area contributed by atoms with Crippen LogP contribution in [0.5, 0.6) is 0 Å². The molecular weight excluding hydrogens is 290 g/mol. The molecule has 0 aliphatic carbocycles. The van der Waals surface area contributed by atoms with E-state index < -0.39 is 9.84 Å². The van der Waals surface area contributed by atoms with Gasteiger partial charge in [0.2, 0.25) is 0 Å². The highest BCUT2D eigenvalue weighted by Gasteiger charge is 2.08. The van der Waals surface area contributed by atoms with Crippen LogP contribution in [0.3, 0.4) is 0 Å². The molecule has 0 saturated carbocycles.